The fourth-order valence-corrected chi connectivity index (χ4v) is 0.984. The quantitative estimate of drug-likeness (QED) is 0.739. The number of hydrogen-bond acceptors (Lipinski definition) is 3. The molecule has 1 heterocycles. The number of hydrogen-bond donors (Lipinski definition) is 2. The second-order valence-corrected chi connectivity index (χ2v) is 3.29. The van der Waals surface area contributed by atoms with E-state index in [1.54, 1.807) is 0 Å². The Labute approximate surface area is 91.3 Å². The van der Waals surface area contributed by atoms with Crippen molar-refractivity contribution < 1.29 is 19.1 Å². The molecule has 0 aliphatic heterocycles. The summed E-state index contributed by atoms with van der Waals surface area (Å²) >= 11 is 0. The number of carboxylic acids is 1. The molecule has 0 bridgehead atoms. The van der Waals surface area contributed by atoms with Crippen molar-refractivity contribution in [3.63, 3.8) is 0 Å². The molecule has 0 saturated carbocycles. The van der Waals surface area contributed by atoms with Gasteiger partial charge in [-0.1, -0.05) is 6.92 Å². The zero-order valence-corrected chi connectivity index (χ0v) is 8.61. The van der Waals surface area contributed by atoms with Gasteiger partial charge in [0.2, 0.25) is 5.95 Å². The molecule has 1 aromatic heterocycles. The molecule has 0 aliphatic rings. The fraction of sp³-hybridized carbons (Fsp3) is 0.300. The van der Waals surface area contributed by atoms with Crippen molar-refractivity contribution in [2.45, 2.75) is 6.92 Å². The lowest BCUT2D eigenvalue weighted by molar-refractivity contribution is -0.140. The van der Waals surface area contributed by atoms with Crippen molar-refractivity contribution in [1.29, 1.82) is 0 Å². The number of nitrogens with zero attached hydrogens (tertiary/aromatic N) is 1. The molecule has 0 spiro atoms. The Balaban J connectivity index is 2.60. The first-order chi connectivity index (χ1) is 7.52. The van der Waals surface area contributed by atoms with Gasteiger partial charge in [-0.25, -0.2) is 4.98 Å². The molecule has 1 aromatic rings. The lowest BCUT2D eigenvalue weighted by Crippen LogP contribution is -2.32. The average molecular weight is 226 g/mol. The molecule has 6 heteroatoms. The monoisotopic (exact) mass is 226 g/mol. The first-order valence-electron chi connectivity index (χ1n) is 4.64. The summed E-state index contributed by atoms with van der Waals surface area (Å²) in [5.74, 6) is -3.28. The largest absolute Gasteiger partial charge is 0.481 e. The lowest BCUT2D eigenvalue weighted by atomic mass is 10.2. The normalized spacial score (nSPS) is 11.9. The number of aliphatic carboxylic acids is 1. The Morgan fingerprint density at radius 2 is 2.31 bits per heavy atom. The van der Waals surface area contributed by atoms with E-state index in [4.69, 9.17) is 5.11 Å². The van der Waals surface area contributed by atoms with Crippen molar-refractivity contribution in [3.05, 3.63) is 29.8 Å². The van der Waals surface area contributed by atoms with Gasteiger partial charge in [-0.05, 0) is 12.1 Å². The SMILES string of the molecule is CC(CNC(=O)c1cccnc1F)C(=O)O. The number of carbonyl (C=O) groups is 2. The van der Waals surface area contributed by atoms with Crippen LogP contribution in [0.15, 0.2) is 18.3 Å². The van der Waals surface area contributed by atoms with Crippen LogP contribution in [0.25, 0.3) is 0 Å². The van der Waals surface area contributed by atoms with Gasteiger partial charge in [-0.3, -0.25) is 9.59 Å². The van der Waals surface area contributed by atoms with Crippen LogP contribution in [0.3, 0.4) is 0 Å². The fourth-order valence-electron chi connectivity index (χ4n) is 0.984. The van der Waals surface area contributed by atoms with Crippen LogP contribution in [-0.2, 0) is 4.79 Å². The van der Waals surface area contributed by atoms with Crippen molar-refractivity contribution in [3.8, 4) is 0 Å². The van der Waals surface area contributed by atoms with Gasteiger partial charge >= 0.3 is 5.97 Å². The number of halogens is 1. The maximum Gasteiger partial charge on any atom is 0.308 e. The Bertz CT molecular complexity index is 409. The molecular weight excluding hydrogens is 215 g/mol. The van der Waals surface area contributed by atoms with E-state index in [1.165, 1.54) is 25.3 Å². The maximum atomic E-state index is 13.0. The molecule has 1 rings (SSSR count). The van der Waals surface area contributed by atoms with Crippen LogP contribution in [0, 0.1) is 11.9 Å². The highest BCUT2D eigenvalue weighted by Gasteiger charge is 2.15. The van der Waals surface area contributed by atoms with Crippen molar-refractivity contribution >= 4 is 11.9 Å². The topological polar surface area (TPSA) is 79.3 Å². The molecule has 1 atom stereocenters. The molecule has 0 fully saturated rings. The van der Waals surface area contributed by atoms with E-state index in [-0.39, 0.29) is 12.1 Å². The molecule has 0 aromatic carbocycles. The highest BCUT2D eigenvalue weighted by Crippen LogP contribution is 2.03. The number of amides is 1. The third-order valence-electron chi connectivity index (χ3n) is 1.99. The molecule has 0 aliphatic carbocycles. The van der Waals surface area contributed by atoms with Gasteiger partial charge in [0.05, 0.1) is 11.5 Å². The summed E-state index contributed by atoms with van der Waals surface area (Å²) in [6.45, 7) is 1.39. The number of aromatic nitrogens is 1. The molecule has 16 heavy (non-hydrogen) atoms. The van der Waals surface area contributed by atoms with Gasteiger partial charge in [0.15, 0.2) is 0 Å². The number of rotatable bonds is 4. The maximum absolute atomic E-state index is 13.0. The van der Waals surface area contributed by atoms with E-state index < -0.39 is 23.7 Å². The molecule has 1 amide bonds. The Kier molecular flexibility index (Phi) is 3.93. The van der Waals surface area contributed by atoms with E-state index in [0.29, 0.717) is 0 Å². The molecule has 0 saturated heterocycles. The van der Waals surface area contributed by atoms with E-state index >= 15 is 0 Å². The van der Waals surface area contributed by atoms with Gasteiger partial charge in [0.25, 0.3) is 5.91 Å². The second-order valence-electron chi connectivity index (χ2n) is 3.29. The van der Waals surface area contributed by atoms with E-state index in [9.17, 15) is 14.0 Å². The predicted octanol–water partition coefficient (Wildman–Crippen LogP) is 0.671. The summed E-state index contributed by atoms with van der Waals surface area (Å²) in [6.07, 6.45) is 1.23. The van der Waals surface area contributed by atoms with Crippen LogP contribution in [0.2, 0.25) is 0 Å². The predicted molar refractivity (Wildman–Crippen MR) is 53.3 cm³/mol. The number of carbonyl (C=O) groups excluding carboxylic acids is 1. The Morgan fingerprint density at radius 3 is 2.88 bits per heavy atom. The van der Waals surface area contributed by atoms with E-state index in [2.05, 4.69) is 10.3 Å². The zero-order valence-electron chi connectivity index (χ0n) is 8.61. The summed E-state index contributed by atoms with van der Waals surface area (Å²) in [6, 6.07) is 2.71. The van der Waals surface area contributed by atoms with Gasteiger partial charge < -0.3 is 10.4 Å². The first kappa shape index (κ1) is 12.1. The minimum Gasteiger partial charge on any atom is -0.481 e. The van der Waals surface area contributed by atoms with Crippen LogP contribution in [0.1, 0.15) is 17.3 Å². The molecule has 86 valence electrons. The zero-order chi connectivity index (χ0) is 12.1. The molecular formula is C10H11FN2O3. The van der Waals surface area contributed by atoms with Crippen LogP contribution in [0.4, 0.5) is 4.39 Å². The van der Waals surface area contributed by atoms with Crippen molar-refractivity contribution in [2.75, 3.05) is 6.54 Å². The van der Waals surface area contributed by atoms with Crippen molar-refractivity contribution in [2.24, 2.45) is 5.92 Å². The van der Waals surface area contributed by atoms with Crippen LogP contribution in [-0.4, -0.2) is 28.5 Å². The van der Waals surface area contributed by atoms with Crippen LogP contribution < -0.4 is 5.32 Å². The minimum absolute atomic E-state index is 0.0531. The Morgan fingerprint density at radius 1 is 1.62 bits per heavy atom. The second kappa shape index (κ2) is 5.20. The van der Waals surface area contributed by atoms with Gasteiger partial charge in [-0.15, -0.1) is 0 Å². The highest BCUT2D eigenvalue weighted by atomic mass is 19.1. The minimum atomic E-state index is -1.02. The van der Waals surface area contributed by atoms with Gasteiger partial charge in [0.1, 0.15) is 0 Å². The van der Waals surface area contributed by atoms with E-state index in [0.717, 1.165) is 0 Å². The number of carboxylic acid groups (broad SMARTS) is 1. The summed E-state index contributed by atoms with van der Waals surface area (Å²) in [5.41, 5.74) is -0.194. The number of nitrogens with one attached hydrogen (secondary N) is 1. The number of pyridine rings is 1. The summed E-state index contributed by atoms with van der Waals surface area (Å²) in [5, 5.41) is 10.9. The van der Waals surface area contributed by atoms with Crippen molar-refractivity contribution in [1.82, 2.24) is 10.3 Å². The average Bonchev–Trinajstić information content (AvgIpc) is 2.25. The Hall–Kier alpha value is -1.98. The standard InChI is InChI=1S/C10H11FN2O3/c1-6(10(15)16)5-13-9(14)7-3-2-4-12-8(7)11/h2-4,6H,5H2,1H3,(H,13,14)(H,15,16). The smallest absolute Gasteiger partial charge is 0.308 e. The summed E-state index contributed by atoms with van der Waals surface area (Å²) in [4.78, 5) is 25.2. The third kappa shape index (κ3) is 3.01. The van der Waals surface area contributed by atoms with Gasteiger partial charge in [0, 0.05) is 12.7 Å². The van der Waals surface area contributed by atoms with Gasteiger partial charge in [-0.2, -0.15) is 4.39 Å². The summed E-state index contributed by atoms with van der Waals surface area (Å²) < 4.78 is 13.0. The first-order valence-corrected chi connectivity index (χ1v) is 4.64. The highest BCUT2D eigenvalue weighted by molar-refractivity contribution is 5.94. The molecule has 1 unspecified atom stereocenters. The molecule has 5 nitrogen and oxygen atoms in total. The summed E-state index contributed by atoms with van der Waals surface area (Å²) in [7, 11) is 0. The molecule has 0 radical (unpaired) electrons. The van der Waals surface area contributed by atoms with E-state index in [1.807, 2.05) is 0 Å². The lowest BCUT2D eigenvalue weighted by Gasteiger charge is -2.08. The third-order valence-corrected chi connectivity index (χ3v) is 1.99. The van der Waals surface area contributed by atoms with Crippen LogP contribution in [0.5, 0.6) is 0 Å². The van der Waals surface area contributed by atoms with Crippen LogP contribution >= 0.6 is 0 Å². The molecule has 2 N–H and O–H groups in total.